The molecule has 0 amide bonds. The quantitative estimate of drug-likeness (QED) is 0.422. The zero-order valence-electron chi connectivity index (χ0n) is 16.1. The van der Waals surface area contributed by atoms with Gasteiger partial charge in [0.25, 0.3) is 0 Å². The average molecular weight is 369 g/mol. The fourth-order valence-corrected chi connectivity index (χ4v) is 2.94. The molecule has 0 bridgehead atoms. The second-order valence-electron chi connectivity index (χ2n) is 7.38. The van der Waals surface area contributed by atoms with Crippen molar-refractivity contribution >= 4 is 17.6 Å². The first-order valence-corrected chi connectivity index (χ1v) is 9.89. The smallest absolute Gasteiger partial charge is 0.344 e. The molecule has 1 unspecified atom stereocenters. The van der Waals surface area contributed by atoms with Crippen LogP contribution in [-0.4, -0.2) is 17.2 Å². The van der Waals surface area contributed by atoms with Crippen molar-refractivity contribution < 1.29 is 14.6 Å². The van der Waals surface area contributed by atoms with Crippen LogP contribution in [0.4, 0.5) is 0 Å². The summed E-state index contributed by atoms with van der Waals surface area (Å²) < 4.78 is 5.70. The highest BCUT2D eigenvalue weighted by Crippen LogP contribution is 2.34. The van der Waals surface area contributed by atoms with E-state index in [4.69, 9.17) is 16.3 Å². The van der Waals surface area contributed by atoms with Crippen molar-refractivity contribution in [1.82, 2.24) is 0 Å². The van der Waals surface area contributed by atoms with E-state index in [1.165, 1.54) is 19.3 Å². The number of rotatable bonds is 12. The van der Waals surface area contributed by atoms with Crippen LogP contribution in [0.3, 0.4) is 0 Å². The number of carboxylic acids is 1. The van der Waals surface area contributed by atoms with Crippen molar-refractivity contribution in [2.75, 3.05) is 0 Å². The van der Waals surface area contributed by atoms with Crippen LogP contribution in [-0.2, 0) is 10.2 Å². The van der Waals surface area contributed by atoms with E-state index in [9.17, 15) is 9.90 Å². The molecule has 0 aliphatic carbocycles. The summed E-state index contributed by atoms with van der Waals surface area (Å²) in [4.78, 5) is 11.5. The Hall–Kier alpha value is -1.22. The fraction of sp³-hybridized carbons (Fsp3) is 0.667. The number of carbonyl (C=O) groups is 1. The molecule has 0 fully saturated rings. The van der Waals surface area contributed by atoms with Gasteiger partial charge in [0.1, 0.15) is 5.75 Å². The summed E-state index contributed by atoms with van der Waals surface area (Å²) in [5.74, 6) is -0.474. The maximum atomic E-state index is 11.5. The highest BCUT2D eigenvalue weighted by molar-refractivity contribution is 6.32. The summed E-state index contributed by atoms with van der Waals surface area (Å²) in [6.45, 7) is 8.65. The second kappa shape index (κ2) is 10.7. The van der Waals surface area contributed by atoms with Crippen LogP contribution in [0.2, 0.25) is 5.02 Å². The first kappa shape index (κ1) is 21.8. The van der Waals surface area contributed by atoms with Crippen LogP contribution in [0.5, 0.6) is 5.75 Å². The number of unbranched alkanes of at least 4 members (excludes halogenated alkanes) is 5. The summed E-state index contributed by atoms with van der Waals surface area (Å²) >= 11 is 6.34. The van der Waals surface area contributed by atoms with E-state index in [0.29, 0.717) is 17.2 Å². The van der Waals surface area contributed by atoms with E-state index in [0.717, 1.165) is 31.2 Å². The van der Waals surface area contributed by atoms with Crippen molar-refractivity contribution in [2.24, 2.45) is 0 Å². The number of hydrogen-bond donors (Lipinski definition) is 1. The number of ether oxygens (including phenoxy) is 1. The molecule has 0 aromatic heterocycles. The van der Waals surface area contributed by atoms with Crippen LogP contribution >= 0.6 is 11.6 Å². The van der Waals surface area contributed by atoms with Crippen LogP contribution in [0.15, 0.2) is 18.2 Å². The molecule has 1 aromatic carbocycles. The Kier molecular flexibility index (Phi) is 9.34. The molecule has 1 rings (SSSR count). The van der Waals surface area contributed by atoms with Crippen LogP contribution in [0.1, 0.15) is 84.6 Å². The summed E-state index contributed by atoms with van der Waals surface area (Å²) in [5, 5.41) is 9.90. The number of benzene rings is 1. The standard InChI is InChI=1S/C21H33ClO3/c1-5-7-8-9-10-11-12-19(20(23)24)25-18-14-13-16(15-17(18)22)21(3,4)6-2/h13-15,19H,5-12H2,1-4H3,(H,23,24). The van der Waals surface area contributed by atoms with E-state index in [1.54, 1.807) is 6.07 Å². The van der Waals surface area contributed by atoms with E-state index in [1.807, 2.05) is 12.1 Å². The molecule has 1 atom stereocenters. The zero-order valence-corrected chi connectivity index (χ0v) is 16.9. The lowest BCUT2D eigenvalue weighted by Gasteiger charge is -2.24. The SMILES string of the molecule is CCCCCCCCC(Oc1ccc(C(C)(C)CC)cc1Cl)C(=O)O. The molecule has 4 heteroatoms. The van der Waals surface area contributed by atoms with Gasteiger partial charge in [-0.05, 0) is 42.4 Å². The molecule has 142 valence electrons. The van der Waals surface area contributed by atoms with Crippen molar-refractivity contribution in [3.05, 3.63) is 28.8 Å². The first-order chi connectivity index (χ1) is 11.8. The molecule has 1 aromatic rings. The number of carboxylic acid groups (broad SMARTS) is 1. The third-order valence-corrected chi connectivity index (χ3v) is 5.26. The summed E-state index contributed by atoms with van der Waals surface area (Å²) in [6, 6.07) is 5.67. The van der Waals surface area contributed by atoms with Gasteiger partial charge in [-0.2, -0.15) is 0 Å². The summed E-state index contributed by atoms with van der Waals surface area (Å²) in [5.41, 5.74) is 1.17. The lowest BCUT2D eigenvalue weighted by Crippen LogP contribution is -2.27. The maximum Gasteiger partial charge on any atom is 0.344 e. The van der Waals surface area contributed by atoms with Crippen molar-refractivity contribution in [1.29, 1.82) is 0 Å². The topological polar surface area (TPSA) is 46.5 Å². The Balaban J connectivity index is 2.65. The minimum absolute atomic E-state index is 0.0346. The van der Waals surface area contributed by atoms with Gasteiger partial charge in [0, 0.05) is 0 Å². The van der Waals surface area contributed by atoms with Gasteiger partial charge < -0.3 is 9.84 Å². The van der Waals surface area contributed by atoms with Gasteiger partial charge in [0.05, 0.1) is 5.02 Å². The van der Waals surface area contributed by atoms with Gasteiger partial charge >= 0.3 is 5.97 Å². The van der Waals surface area contributed by atoms with Gasteiger partial charge in [-0.25, -0.2) is 4.79 Å². The normalized spacial score (nSPS) is 12.8. The molecule has 25 heavy (non-hydrogen) atoms. The Morgan fingerprint density at radius 3 is 2.36 bits per heavy atom. The van der Waals surface area contributed by atoms with Crippen molar-refractivity contribution in [2.45, 2.75) is 90.6 Å². The van der Waals surface area contributed by atoms with Crippen molar-refractivity contribution in [3.63, 3.8) is 0 Å². The van der Waals surface area contributed by atoms with E-state index in [-0.39, 0.29) is 5.41 Å². The first-order valence-electron chi connectivity index (χ1n) is 9.51. The fourth-order valence-electron chi connectivity index (χ4n) is 2.72. The van der Waals surface area contributed by atoms with Gasteiger partial charge in [-0.15, -0.1) is 0 Å². The van der Waals surface area contributed by atoms with E-state index >= 15 is 0 Å². The van der Waals surface area contributed by atoms with Crippen molar-refractivity contribution in [3.8, 4) is 5.75 Å². The van der Waals surface area contributed by atoms with E-state index < -0.39 is 12.1 Å². The molecule has 0 saturated heterocycles. The molecule has 0 heterocycles. The largest absolute Gasteiger partial charge is 0.479 e. The third kappa shape index (κ3) is 7.27. The molecule has 3 nitrogen and oxygen atoms in total. The molecule has 0 radical (unpaired) electrons. The van der Waals surface area contributed by atoms with Gasteiger partial charge in [0.15, 0.2) is 6.10 Å². The van der Waals surface area contributed by atoms with Crippen LogP contribution in [0, 0.1) is 0 Å². The lowest BCUT2D eigenvalue weighted by molar-refractivity contribution is -0.145. The molecular weight excluding hydrogens is 336 g/mol. The predicted molar refractivity (Wildman–Crippen MR) is 105 cm³/mol. The molecule has 1 N–H and O–H groups in total. The zero-order chi connectivity index (χ0) is 18.9. The van der Waals surface area contributed by atoms with Crippen LogP contribution in [0.25, 0.3) is 0 Å². The van der Waals surface area contributed by atoms with Gasteiger partial charge in [-0.3, -0.25) is 0 Å². The average Bonchev–Trinajstić information content (AvgIpc) is 2.57. The van der Waals surface area contributed by atoms with Crippen LogP contribution < -0.4 is 4.74 Å². The maximum absolute atomic E-state index is 11.5. The Morgan fingerprint density at radius 2 is 1.80 bits per heavy atom. The Bertz CT molecular complexity index is 540. The van der Waals surface area contributed by atoms with E-state index in [2.05, 4.69) is 27.7 Å². The third-order valence-electron chi connectivity index (χ3n) is 4.96. The monoisotopic (exact) mass is 368 g/mol. The Morgan fingerprint density at radius 1 is 1.16 bits per heavy atom. The molecule has 0 aliphatic heterocycles. The number of aliphatic carboxylic acids is 1. The predicted octanol–water partition coefficient (Wildman–Crippen LogP) is 6.61. The molecule has 0 spiro atoms. The Labute approximate surface area is 157 Å². The second-order valence-corrected chi connectivity index (χ2v) is 7.79. The summed E-state index contributed by atoms with van der Waals surface area (Å²) in [7, 11) is 0. The minimum Gasteiger partial charge on any atom is -0.479 e. The molecule has 0 aliphatic rings. The number of halogens is 1. The molecular formula is C21H33ClO3. The molecule has 0 saturated carbocycles. The minimum atomic E-state index is -0.928. The highest BCUT2D eigenvalue weighted by atomic mass is 35.5. The lowest BCUT2D eigenvalue weighted by atomic mass is 9.82. The number of hydrogen-bond acceptors (Lipinski definition) is 2. The van der Waals surface area contributed by atoms with Gasteiger partial charge in [0.2, 0.25) is 0 Å². The van der Waals surface area contributed by atoms with Gasteiger partial charge in [-0.1, -0.05) is 77.5 Å². The summed E-state index contributed by atoms with van der Waals surface area (Å²) in [6.07, 6.45) is 7.41. The highest BCUT2D eigenvalue weighted by Gasteiger charge is 2.22.